The molecule has 2 rings (SSSR count). The van der Waals surface area contributed by atoms with Gasteiger partial charge in [-0.3, -0.25) is 9.69 Å². The fourth-order valence-electron chi connectivity index (χ4n) is 2.18. The zero-order valence-corrected chi connectivity index (χ0v) is 7.82. The topological polar surface area (TPSA) is 40.6 Å². The van der Waals surface area contributed by atoms with E-state index in [1.807, 2.05) is 11.8 Å². The lowest BCUT2D eigenvalue weighted by Crippen LogP contribution is -2.54. The zero-order valence-electron chi connectivity index (χ0n) is 7.82. The zero-order chi connectivity index (χ0) is 9.42. The summed E-state index contributed by atoms with van der Waals surface area (Å²) in [6.07, 6.45) is 2.57. The number of urea groups is 1. The number of nitrogens with zero attached hydrogens (tertiary/aromatic N) is 2. The van der Waals surface area contributed by atoms with Crippen LogP contribution in [-0.4, -0.2) is 40.9 Å². The van der Waals surface area contributed by atoms with E-state index in [-0.39, 0.29) is 18.0 Å². The maximum absolute atomic E-state index is 11.7. The van der Waals surface area contributed by atoms with Crippen LogP contribution in [0.25, 0.3) is 0 Å². The smallest absolute Gasteiger partial charge is 0.321 e. The highest BCUT2D eigenvalue weighted by Gasteiger charge is 2.39. The highest BCUT2D eigenvalue weighted by molar-refractivity contribution is 5.97. The van der Waals surface area contributed by atoms with E-state index in [4.69, 9.17) is 0 Å². The first-order chi connectivity index (χ1) is 6.24. The van der Waals surface area contributed by atoms with Gasteiger partial charge in [0.25, 0.3) is 0 Å². The summed E-state index contributed by atoms with van der Waals surface area (Å²) in [5.41, 5.74) is 0. The summed E-state index contributed by atoms with van der Waals surface area (Å²) in [6, 6.07) is 0.115. The predicted molar refractivity (Wildman–Crippen MR) is 47.1 cm³/mol. The summed E-state index contributed by atoms with van der Waals surface area (Å²) in [5.74, 6) is -0.00403. The van der Waals surface area contributed by atoms with Crippen LogP contribution in [0.5, 0.6) is 0 Å². The summed E-state index contributed by atoms with van der Waals surface area (Å²) in [7, 11) is 0. The second-order valence-electron chi connectivity index (χ2n) is 3.61. The highest BCUT2D eigenvalue weighted by atomic mass is 16.2. The fraction of sp³-hybridized carbons (Fsp3) is 0.778. The molecular formula is C9H14N2O2. The van der Waals surface area contributed by atoms with E-state index in [9.17, 15) is 9.59 Å². The molecule has 0 aromatic carbocycles. The van der Waals surface area contributed by atoms with Gasteiger partial charge >= 0.3 is 6.03 Å². The molecular weight excluding hydrogens is 168 g/mol. The molecule has 0 aromatic heterocycles. The largest absolute Gasteiger partial charge is 0.326 e. The van der Waals surface area contributed by atoms with Crippen molar-refractivity contribution in [2.75, 3.05) is 13.1 Å². The van der Waals surface area contributed by atoms with Crippen molar-refractivity contribution in [3.05, 3.63) is 0 Å². The van der Waals surface area contributed by atoms with Crippen molar-refractivity contribution in [1.82, 2.24) is 9.80 Å². The molecule has 0 bridgehead atoms. The standard InChI is InChI=1S/C9H14N2O2/c1-2-10-8(12)6-7-4-3-5-11(7)9(10)13/h7H,2-6H2,1H3. The van der Waals surface area contributed by atoms with E-state index in [2.05, 4.69) is 0 Å². The fourth-order valence-corrected chi connectivity index (χ4v) is 2.18. The SMILES string of the molecule is CCN1C(=O)CC2CCCN2C1=O. The van der Waals surface area contributed by atoms with Gasteiger partial charge in [-0.1, -0.05) is 0 Å². The number of hydrogen-bond donors (Lipinski definition) is 0. The van der Waals surface area contributed by atoms with Crippen LogP contribution in [0.2, 0.25) is 0 Å². The summed E-state index contributed by atoms with van der Waals surface area (Å²) >= 11 is 0. The quantitative estimate of drug-likeness (QED) is 0.602. The summed E-state index contributed by atoms with van der Waals surface area (Å²) in [5, 5.41) is 0. The molecule has 4 heteroatoms. The monoisotopic (exact) mass is 182 g/mol. The van der Waals surface area contributed by atoms with E-state index in [1.54, 1.807) is 0 Å². The van der Waals surface area contributed by atoms with Crippen LogP contribution < -0.4 is 0 Å². The lowest BCUT2D eigenvalue weighted by Gasteiger charge is -2.35. The molecule has 2 saturated heterocycles. The third kappa shape index (κ3) is 1.20. The Kier molecular flexibility index (Phi) is 1.98. The van der Waals surface area contributed by atoms with Crippen molar-refractivity contribution in [3.63, 3.8) is 0 Å². The maximum Gasteiger partial charge on any atom is 0.326 e. The Morgan fingerprint density at radius 1 is 1.46 bits per heavy atom. The van der Waals surface area contributed by atoms with Crippen LogP contribution in [-0.2, 0) is 4.79 Å². The van der Waals surface area contributed by atoms with Crippen molar-refractivity contribution in [2.45, 2.75) is 32.2 Å². The number of fused-ring (bicyclic) bond motifs is 1. The highest BCUT2D eigenvalue weighted by Crippen LogP contribution is 2.26. The minimum atomic E-state index is -0.0822. The molecule has 13 heavy (non-hydrogen) atoms. The van der Waals surface area contributed by atoms with Crippen LogP contribution in [0.15, 0.2) is 0 Å². The molecule has 1 atom stereocenters. The molecule has 2 heterocycles. The van der Waals surface area contributed by atoms with Gasteiger partial charge in [0, 0.05) is 25.6 Å². The van der Waals surface area contributed by atoms with E-state index >= 15 is 0 Å². The van der Waals surface area contributed by atoms with Crippen LogP contribution in [0.1, 0.15) is 26.2 Å². The number of rotatable bonds is 1. The van der Waals surface area contributed by atoms with Gasteiger partial charge in [-0.05, 0) is 19.8 Å². The number of carbonyl (C=O) groups excluding carboxylic acids is 2. The van der Waals surface area contributed by atoms with Crippen molar-refractivity contribution in [1.29, 1.82) is 0 Å². The first-order valence-electron chi connectivity index (χ1n) is 4.85. The normalized spacial score (nSPS) is 28.2. The minimum absolute atomic E-state index is 0.00403. The van der Waals surface area contributed by atoms with Gasteiger partial charge < -0.3 is 4.90 Å². The molecule has 2 aliphatic heterocycles. The molecule has 0 radical (unpaired) electrons. The van der Waals surface area contributed by atoms with Crippen molar-refractivity contribution >= 4 is 11.9 Å². The Balaban J connectivity index is 2.19. The van der Waals surface area contributed by atoms with Gasteiger partial charge in [-0.25, -0.2) is 4.79 Å². The van der Waals surface area contributed by atoms with Gasteiger partial charge in [0.1, 0.15) is 0 Å². The number of hydrogen-bond acceptors (Lipinski definition) is 2. The average molecular weight is 182 g/mol. The maximum atomic E-state index is 11.7. The number of imide groups is 1. The minimum Gasteiger partial charge on any atom is -0.321 e. The number of carbonyl (C=O) groups is 2. The molecule has 0 aliphatic carbocycles. The van der Waals surface area contributed by atoms with Gasteiger partial charge in [-0.2, -0.15) is 0 Å². The summed E-state index contributed by atoms with van der Waals surface area (Å²) in [4.78, 5) is 26.3. The molecule has 4 nitrogen and oxygen atoms in total. The lowest BCUT2D eigenvalue weighted by molar-refractivity contribution is -0.131. The first-order valence-corrected chi connectivity index (χ1v) is 4.85. The predicted octanol–water partition coefficient (Wildman–Crippen LogP) is 0.823. The molecule has 0 spiro atoms. The van der Waals surface area contributed by atoms with Crippen molar-refractivity contribution < 1.29 is 9.59 Å². The Morgan fingerprint density at radius 3 is 2.92 bits per heavy atom. The molecule has 2 aliphatic rings. The summed E-state index contributed by atoms with van der Waals surface area (Å²) in [6.45, 7) is 3.17. The number of amides is 3. The second kappa shape index (κ2) is 3.01. The molecule has 72 valence electrons. The molecule has 0 saturated carbocycles. The van der Waals surface area contributed by atoms with Gasteiger partial charge in [-0.15, -0.1) is 0 Å². The van der Waals surface area contributed by atoms with E-state index in [1.165, 1.54) is 4.90 Å². The van der Waals surface area contributed by atoms with Gasteiger partial charge in [0.2, 0.25) is 5.91 Å². The van der Waals surface area contributed by atoms with Crippen LogP contribution >= 0.6 is 0 Å². The van der Waals surface area contributed by atoms with Gasteiger partial charge in [0.15, 0.2) is 0 Å². The van der Waals surface area contributed by atoms with Crippen molar-refractivity contribution in [3.8, 4) is 0 Å². The Labute approximate surface area is 77.5 Å². The second-order valence-corrected chi connectivity index (χ2v) is 3.61. The third-order valence-electron chi connectivity index (χ3n) is 2.88. The van der Waals surface area contributed by atoms with Crippen molar-refractivity contribution in [2.24, 2.45) is 0 Å². The molecule has 0 aromatic rings. The van der Waals surface area contributed by atoms with Crippen LogP contribution in [0.4, 0.5) is 4.79 Å². The van der Waals surface area contributed by atoms with Gasteiger partial charge in [0.05, 0.1) is 0 Å². The molecule has 1 unspecified atom stereocenters. The first kappa shape index (κ1) is 8.53. The average Bonchev–Trinajstić information content (AvgIpc) is 2.53. The third-order valence-corrected chi connectivity index (χ3v) is 2.88. The Morgan fingerprint density at radius 2 is 2.23 bits per heavy atom. The molecule has 0 N–H and O–H groups in total. The van der Waals surface area contributed by atoms with E-state index < -0.39 is 0 Å². The van der Waals surface area contributed by atoms with E-state index in [0.29, 0.717) is 13.0 Å². The Hall–Kier alpha value is -1.06. The van der Waals surface area contributed by atoms with Crippen LogP contribution in [0.3, 0.4) is 0 Å². The van der Waals surface area contributed by atoms with E-state index in [0.717, 1.165) is 19.4 Å². The summed E-state index contributed by atoms with van der Waals surface area (Å²) < 4.78 is 0. The molecule has 2 fully saturated rings. The van der Waals surface area contributed by atoms with Crippen LogP contribution in [0, 0.1) is 0 Å². The lowest BCUT2D eigenvalue weighted by atomic mass is 10.1. The Bertz CT molecular complexity index is 252. The molecule has 3 amide bonds.